The molecule has 3 rings (SSSR count). The van der Waals surface area contributed by atoms with Gasteiger partial charge in [-0.2, -0.15) is 0 Å². The van der Waals surface area contributed by atoms with E-state index in [4.69, 9.17) is 0 Å². The zero-order valence-electron chi connectivity index (χ0n) is 11.0. The molecular formula is C14H21N3. The van der Waals surface area contributed by atoms with E-state index in [1.54, 1.807) is 6.33 Å². The Balaban J connectivity index is 2.09. The number of hydrogen-bond donors (Lipinski definition) is 0. The Hall–Kier alpha value is -1.12. The summed E-state index contributed by atoms with van der Waals surface area (Å²) in [5.74, 6) is 1.90. The molecule has 0 atom stereocenters. The lowest BCUT2D eigenvalue weighted by molar-refractivity contribution is 0.549. The lowest BCUT2D eigenvalue weighted by atomic mass is 9.84. The molecule has 2 heterocycles. The number of anilines is 1. The van der Waals surface area contributed by atoms with Gasteiger partial charge in [-0.05, 0) is 24.7 Å². The van der Waals surface area contributed by atoms with Gasteiger partial charge in [0.25, 0.3) is 0 Å². The molecule has 0 radical (unpaired) electrons. The van der Waals surface area contributed by atoms with Gasteiger partial charge < -0.3 is 4.90 Å². The van der Waals surface area contributed by atoms with Gasteiger partial charge in [0.15, 0.2) is 0 Å². The number of nitrogens with zero attached hydrogens (tertiary/aromatic N) is 3. The van der Waals surface area contributed by atoms with Crippen LogP contribution in [0.4, 0.5) is 5.82 Å². The number of aromatic nitrogens is 2. The van der Waals surface area contributed by atoms with Crippen LogP contribution in [0.15, 0.2) is 6.33 Å². The Morgan fingerprint density at radius 2 is 1.88 bits per heavy atom. The van der Waals surface area contributed by atoms with Crippen molar-refractivity contribution in [2.24, 2.45) is 0 Å². The van der Waals surface area contributed by atoms with Crippen LogP contribution in [0.1, 0.15) is 57.2 Å². The average Bonchev–Trinajstić information content (AvgIpc) is 2.95. The largest absolute Gasteiger partial charge is 0.356 e. The molecule has 0 amide bonds. The molecule has 0 aromatic carbocycles. The first-order valence-electron chi connectivity index (χ1n) is 6.67. The molecule has 3 nitrogen and oxygen atoms in total. The summed E-state index contributed by atoms with van der Waals surface area (Å²) in [6, 6.07) is 0. The molecule has 0 spiro atoms. The predicted octanol–water partition coefficient (Wildman–Crippen LogP) is 2.86. The first kappa shape index (κ1) is 11.0. The fraction of sp³-hybridized carbons (Fsp3) is 0.714. The summed E-state index contributed by atoms with van der Waals surface area (Å²) in [5, 5.41) is 0. The minimum absolute atomic E-state index is 0.143. The normalized spacial score (nSPS) is 20.3. The molecule has 2 aliphatic rings. The Labute approximate surface area is 103 Å². The molecule has 1 saturated carbocycles. The highest BCUT2D eigenvalue weighted by atomic mass is 15.2. The SMILES string of the molecule is CC(C)(C)c1c(C2CC2)ncnc1N1CCC1. The van der Waals surface area contributed by atoms with Crippen LogP contribution in [-0.2, 0) is 5.41 Å². The third-order valence-corrected chi connectivity index (χ3v) is 3.73. The monoisotopic (exact) mass is 231 g/mol. The Morgan fingerprint density at radius 1 is 1.18 bits per heavy atom. The first-order chi connectivity index (χ1) is 8.07. The summed E-state index contributed by atoms with van der Waals surface area (Å²) < 4.78 is 0. The molecule has 1 saturated heterocycles. The van der Waals surface area contributed by atoms with Gasteiger partial charge in [0.2, 0.25) is 0 Å². The van der Waals surface area contributed by atoms with Crippen molar-refractivity contribution < 1.29 is 0 Å². The van der Waals surface area contributed by atoms with Crippen molar-refractivity contribution in [1.82, 2.24) is 9.97 Å². The summed E-state index contributed by atoms with van der Waals surface area (Å²) in [6.07, 6.45) is 5.67. The van der Waals surface area contributed by atoms with Gasteiger partial charge >= 0.3 is 0 Å². The zero-order valence-corrected chi connectivity index (χ0v) is 11.0. The van der Waals surface area contributed by atoms with Crippen molar-refractivity contribution >= 4 is 5.82 Å². The van der Waals surface area contributed by atoms with E-state index in [2.05, 4.69) is 35.6 Å². The van der Waals surface area contributed by atoms with Gasteiger partial charge in [0, 0.05) is 24.6 Å². The fourth-order valence-electron chi connectivity index (χ4n) is 2.54. The highest BCUT2D eigenvalue weighted by Crippen LogP contribution is 2.45. The minimum atomic E-state index is 0.143. The van der Waals surface area contributed by atoms with Gasteiger partial charge in [0.05, 0.1) is 5.69 Å². The van der Waals surface area contributed by atoms with Crippen LogP contribution in [-0.4, -0.2) is 23.1 Å². The predicted molar refractivity (Wildman–Crippen MR) is 69.5 cm³/mol. The van der Waals surface area contributed by atoms with E-state index in [1.807, 2.05) is 0 Å². The van der Waals surface area contributed by atoms with Gasteiger partial charge in [-0.25, -0.2) is 9.97 Å². The summed E-state index contributed by atoms with van der Waals surface area (Å²) in [5.41, 5.74) is 2.85. The Bertz CT molecular complexity index is 426. The van der Waals surface area contributed by atoms with Crippen molar-refractivity contribution in [2.75, 3.05) is 18.0 Å². The van der Waals surface area contributed by atoms with Gasteiger partial charge in [-0.15, -0.1) is 0 Å². The average molecular weight is 231 g/mol. The zero-order chi connectivity index (χ0) is 12.0. The van der Waals surface area contributed by atoms with E-state index in [-0.39, 0.29) is 5.41 Å². The Morgan fingerprint density at radius 3 is 2.35 bits per heavy atom. The molecule has 3 heteroatoms. The maximum Gasteiger partial charge on any atom is 0.135 e. The lowest BCUT2D eigenvalue weighted by Crippen LogP contribution is -2.39. The minimum Gasteiger partial charge on any atom is -0.356 e. The van der Waals surface area contributed by atoms with Crippen LogP contribution in [0.25, 0.3) is 0 Å². The van der Waals surface area contributed by atoms with Crippen molar-refractivity contribution in [1.29, 1.82) is 0 Å². The quantitative estimate of drug-likeness (QED) is 0.783. The topological polar surface area (TPSA) is 29.0 Å². The van der Waals surface area contributed by atoms with Crippen molar-refractivity contribution in [3.05, 3.63) is 17.6 Å². The molecule has 1 aromatic rings. The number of hydrogen-bond acceptors (Lipinski definition) is 3. The van der Waals surface area contributed by atoms with E-state index >= 15 is 0 Å². The van der Waals surface area contributed by atoms with E-state index in [0.717, 1.165) is 13.1 Å². The second kappa shape index (κ2) is 3.69. The second-order valence-electron chi connectivity index (χ2n) is 6.32. The molecule has 0 bridgehead atoms. The van der Waals surface area contributed by atoms with E-state index in [0.29, 0.717) is 5.92 Å². The van der Waals surface area contributed by atoms with Crippen molar-refractivity contribution in [3.8, 4) is 0 Å². The number of rotatable bonds is 2. The third-order valence-electron chi connectivity index (χ3n) is 3.73. The van der Waals surface area contributed by atoms with Crippen molar-refractivity contribution in [2.45, 2.75) is 51.4 Å². The summed E-state index contributed by atoms with van der Waals surface area (Å²) in [7, 11) is 0. The van der Waals surface area contributed by atoms with Crippen LogP contribution in [0.5, 0.6) is 0 Å². The molecule has 0 N–H and O–H groups in total. The maximum absolute atomic E-state index is 4.57. The summed E-state index contributed by atoms with van der Waals surface area (Å²) in [6.45, 7) is 9.15. The van der Waals surface area contributed by atoms with Gasteiger partial charge in [0.1, 0.15) is 12.1 Å². The van der Waals surface area contributed by atoms with Crippen LogP contribution < -0.4 is 4.90 Å². The molecule has 1 aromatic heterocycles. The van der Waals surface area contributed by atoms with Gasteiger partial charge in [-0.3, -0.25) is 0 Å². The Kier molecular flexibility index (Phi) is 2.39. The van der Waals surface area contributed by atoms with E-state index in [1.165, 1.54) is 36.3 Å². The summed E-state index contributed by atoms with van der Waals surface area (Å²) >= 11 is 0. The van der Waals surface area contributed by atoms with Crippen molar-refractivity contribution in [3.63, 3.8) is 0 Å². The van der Waals surface area contributed by atoms with Crippen LogP contribution in [0.3, 0.4) is 0 Å². The molecule has 17 heavy (non-hydrogen) atoms. The third kappa shape index (κ3) is 1.92. The first-order valence-corrected chi connectivity index (χ1v) is 6.67. The van der Waals surface area contributed by atoms with Crippen LogP contribution in [0, 0.1) is 0 Å². The van der Waals surface area contributed by atoms with Crippen LogP contribution in [0.2, 0.25) is 0 Å². The molecule has 0 unspecified atom stereocenters. The standard InChI is InChI=1S/C14H21N3/c1-14(2,3)11-12(10-5-6-10)15-9-16-13(11)17-7-4-8-17/h9-10H,4-8H2,1-3H3. The summed E-state index contributed by atoms with van der Waals surface area (Å²) in [4.78, 5) is 11.5. The molecular weight excluding hydrogens is 210 g/mol. The molecule has 1 aliphatic heterocycles. The smallest absolute Gasteiger partial charge is 0.135 e. The highest BCUT2D eigenvalue weighted by Gasteiger charge is 2.35. The fourth-order valence-corrected chi connectivity index (χ4v) is 2.54. The van der Waals surface area contributed by atoms with Crippen LogP contribution >= 0.6 is 0 Å². The van der Waals surface area contributed by atoms with Gasteiger partial charge in [-0.1, -0.05) is 20.8 Å². The van der Waals surface area contributed by atoms with E-state index < -0.39 is 0 Å². The molecule has 92 valence electrons. The molecule has 1 aliphatic carbocycles. The second-order valence-corrected chi connectivity index (χ2v) is 6.32. The van der Waals surface area contributed by atoms with E-state index in [9.17, 15) is 0 Å². The molecule has 2 fully saturated rings. The highest BCUT2D eigenvalue weighted by molar-refractivity contribution is 5.54. The maximum atomic E-state index is 4.57. The lowest BCUT2D eigenvalue weighted by Gasteiger charge is -2.36.